The van der Waals surface area contributed by atoms with Crippen LogP contribution >= 0.6 is 35.0 Å². The summed E-state index contributed by atoms with van der Waals surface area (Å²) in [4.78, 5) is 14.5. The highest BCUT2D eigenvalue weighted by molar-refractivity contribution is 8.15. The molecule has 5 nitrogen and oxygen atoms in total. The zero-order valence-corrected chi connectivity index (χ0v) is 19.3. The number of carbonyl (C=O) groups is 1. The average molecular weight is 484 g/mol. The normalized spacial score (nSPS) is 17.6. The van der Waals surface area contributed by atoms with Crippen molar-refractivity contribution in [1.29, 1.82) is 0 Å². The first-order valence-corrected chi connectivity index (χ1v) is 11.5. The van der Waals surface area contributed by atoms with Crippen molar-refractivity contribution in [3.8, 4) is 11.3 Å². The molecule has 0 spiro atoms. The number of nitrogens with zero attached hydrogens (tertiary/aromatic N) is 3. The second-order valence-electron chi connectivity index (χ2n) is 6.99. The van der Waals surface area contributed by atoms with E-state index < -0.39 is 0 Å². The summed E-state index contributed by atoms with van der Waals surface area (Å²) >= 11 is 13.5. The third kappa shape index (κ3) is 5.15. The van der Waals surface area contributed by atoms with Gasteiger partial charge in [-0.2, -0.15) is 5.10 Å². The van der Waals surface area contributed by atoms with Gasteiger partial charge >= 0.3 is 0 Å². The second kappa shape index (κ2) is 10.2. The van der Waals surface area contributed by atoms with Crippen molar-refractivity contribution < 1.29 is 9.21 Å². The Morgan fingerprint density at radius 3 is 2.66 bits per heavy atom. The average Bonchev–Trinajstić information content (AvgIpc) is 3.38. The van der Waals surface area contributed by atoms with E-state index in [1.807, 2.05) is 48.5 Å². The van der Waals surface area contributed by atoms with Crippen LogP contribution in [-0.2, 0) is 11.2 Å². The largest absolute Gasteiger partial charge is 0.455 e. The third-order valence-corrected chi connectivity index (χ3v) is 6.65. The van der Waals surface area contributed by atoms with E-state index in [0.717, 1.165) is 16.9 Å². The van der Waals surface area contributed by atoms with E-state index >= 15 is 0 Å². The van der Waals surface area contributed by atoms with Crippen molar-refractivity contribution in [2.24, 2.45) is 10.2 Å². The van der Waals surface area contributed by atoms with Crippen LogP contribution in [0.4, 0.5) is 0 Å². The van der Waals surface area contributed by atoms with Gasteiger partial charge in [0.25, 0.3) is 0 Å². The van der Waals surface area contributed by atoms with E-state index in [1.54, 1.807) is 23.1 Å². The van der Waals surface area contributed by atoms with Gasteiger partial charge in [0.05, 0.1) is 21.5 Å². The van der Waals surface area contributed by atoms with E-state index in [1.165, 1.54) is 18.0 Å². The van der Waals surface area contributed by atoms with Crippen molar-refractivity contribution in [2.75, 3.05) is 6.54 Å². The molecule has 1 saturated heterocycles. The van der Waals surface area contributed by atoms with Crippen molar-refractivity contribution in [2.45, 2.75) is 11.7 Å². The minimum atomic E-state index is -0.325. The van der Waals surface area contributed by atoms with E-state index in [0.29, 0.717) is 33.9 Å². The molecule has 0 N–H and O–H groups in total. The number of benzene rings is 2. The van der Waals surface area contributed by atoms with E-state index in [-0.39, 0.29) is 11.2 Å². The molecule has 1 fully saturated rings. The number of furan rings is 1. The number of amides is 1. The van der Waals surface area contributed by atoms with Gasteiger partial charge in [0.15, 0.2) is 5.17 Å². The fourth-order valence-corrected chi connectivity index (χ4v) is 4.67. The van der Waals surface area contributed by atoms with Crippen LogP contribution in [0.3, 0.4) is 0 Å². The molecule has 4 rings (SSSR count). The van der Waals surface area contributed by atoms with Crippen LogP contribution in [0.5, 0.6) is 0 Å². The molecule has 2 heterocycles. The Morgan fingerprint density at radius 1 is 1.09 bits per heavy atom. The van der Waals surface area contributed by atoms with Crippen molar-refractivity contribution in [3.05, 3.63) is 94.7 Å². The predicted molar refractivity (Wildman–Crippen MR) is 133 cm³/mol. The van der Waals surface area contributed by atoms with Crippen LogP contribution in [0.25, 0.3) is 11.3 Å². The number of hydrogen-bond donors (Lipinski definition) is 0. The maximum absolute atomic E-state index is 12.9. The van der Waals surface area contributed by atoms with E-state index in [4.69, 9.17) is 27.6 Å². The lowest BCUT2D eigenvalue weighted by Crippen LogP contribution is -2.32. The molecule has 8 heteroatoms. The summed E-state index contributed by atoms with van der Waals surface area (Å²) in [6.45, 7) is 4.10. The molecule has 162 valence electrons. The summed E-state index contributed by atoms with van der Waals surface area (Å²) in [7, 11) is 0. The number of thioether (sulfide) groups is 1. The lowest BCUT2D eigenvalue weighted by Gasteiger charge is -2.13. The topological polar surface area (TPSA) is 58.2 Å². The second-order valence-corrected chi connectivity index (χ2v) is 8.98. The van der Waals surface area contributed by atoms with Gasteiger partial charge in [0.1, 0.15) is 11.5 Å². The van der Waals surface area contributed by atoms with Crippen molar-refractivity contribution in [3.63, 3.8) is 0 Å². The maximum Gasteiger partial charge on any atom is 0.242 e. The standard InChI is InChI=1S/C24H19Cl2N3O2S/c1-2-12-29-23(30)22(14-16-8-10-19(25)20(26)13-16)32-24(29)28-27-15-18-9-11-21(31-18)17-6-4-3-5-7-17/h2-11,13,15,22H,1,12,14H2/b27-15-,28-24-/t22-/m1/s1. The van der Waals surface area contributed by atoms with Crippen LogP contribution in [0.1, 0.15) is 11.3 Å². The summed E-state index contributed by atoms with van der Waals surface area (Å²) in [6.07, 6.45) is 3.70. The van der Waals surface area contributed by atoms with Gasteiger partial charge in [0, 0.05) is 12.1 Å². The highest BCUT2D eigenvalue weighted by atomic mass is 35.5. The van der Waals surface area contributed by atoms with Crippen LogP contribution in [0.15, 0.2) is 87.9 Å². The maximum atomic E-state index is 12.9. The quantitative estimate of drug-likeness (QED) is 0.224. The smallest absolute Gasteiger partial charge is 0.242 e. The Balaban J connectivity index is 1.48. The van der Waals surface area contributed by atoms with Crippen LogP contribution < -0.4 is 0 Å². The minimum absolute atomic E-state index is 0.0423. The Morgan fingerprint density at radius 2 is 1.91 bits per heavy atom. The third-order valence-electron chi connectivity index (χ3n) is 4.75. The predicted octanol–water partition coefficient (Wildman–Crippen LogP) is 6.32. The first-order valence-electron chi connectivity index (χ1n) is 9.84. The van der Waals surface area contributed by atoms with Crippen molar-refractivity contribution in [1.82, 2.24) is 4.90 Å². The van der Waals surface area contributed by atoms with E-state index in [9.17, 15) is 4.79 Å². The minimum Gasteiger partial charge on any atom is -0.455 e. The molecule has 0 bridgehead atoms. The molecule has 3 aromatic rings. The lowest BCUT2D eigenvalue weighted by molar-refractivity contribution is -0.125. The van der Waals surface area contributed by atoms with Gasteiger partial charge in [-0.05, 0) is 36.2 Å². The number of carbonyl (C=O) groups excluding carboxylic acids is 1. The highest BCUT2D eigenvalue weighted by Crippen LogP contribution is 2.31. The molecule has 1 aliphatic heterocycles. The van der Waals surface area contributed by atoms with Gasteiger partial charge in [0.2, 0.25) is 5.91 Å². The summed E-state index contributed by atoms with van der Waals surface area (Å²) in [5.74, 6) is 1.28. The summed E-state index contributed by atoms with van der Waals surface area (Å²) in [5, 5.41) is 9.57. The van der Waals surface area contributed by atoms with Crippen molar-refractivity contribution >= 4 is 52.3 Å². The molecule has 0 saturated carbocycles. The highest BCUT2D eigenvalue weighted by Gasteiger charge is 2.37. The van der Waals surface area contributed by atoms with Crippen LogP contribution in [-0.4, -0.2) is 34.0 Å². The van der Waals surface area contributed by atoms with Gasteiger partial charge in [-0.15, -0.1) is 11.7 Å². The zero-order chi connectivity index (χ0) is 22.5. The number of halogens is 2. The Bertz CT molecular complexity index is 1190. The Labute approximate surface area is 200 Å². The molecule has 1 aliphatic rings. The summed E-state index contributed by atoms with van der Waals surface area (Å²) in [5.41, 5.74) is 1.91. The fraction of sp³-hybridized carbons (Fsp3) is 0.125. The molecule has 0 aliphatic carbocycles. The summed E-state index contributed by atoms with van der Waals surface area (Å²) < 4.78 is 5.81. The molecule has 1 aromatic heterocycles. The molecule has 1 amide bonds. The zero-order valence-electron chi connectivity index (χ0n) is 16.9. The Kier molecular flexibility index (Phi) is 7.15. The molecule has 32 heavy (non-hydrogen) atoms. The first-order chi connectivity index (χ1) is 15.5. The molecule has 1 atom stereocenters. The molecular weight excluding hydrogens is 465 g/mol. The number of rotatable bonds is 7. The fourth-order valence-electron chi connectivity index (χ4n) is 3.21. The van der Waals surface area contributed by atoms with Gasteiger partial charge in [-0.25, -0.2) is 0 Å². The SMILES string of the molecule is C=CCN1C(=O)[C@@H](Cc2ccc(Cl)c(Cl)c2)S/C1=N\N=C/c1ccc(-c2ccccc2)o1. The molecule has 2 aromatic carbocycles. The van der Waals surface area contributed by atoms with E-state index in [2.05, 4.69) is 16.8 Å². The van der Waals surface area contributed by atoms with Crippen LogP contribution in [0.2, 0.25) is 10.0 Å². The number of hydrogen-bond acceptors (Lipinski definition) is 5. The monoisotopic (exact) mass is 483 g/mol. The van der Waals surface area contributed by atoms with Crippen LogP contribution in [0, 0.1) is 0 Å². The van der Waals surface area contributed by atoms with Gasteiger partial charge in [-0.1, -0.05) is 77.4 Å². The van der Waals surface area contributed by atoms with Gasteiger partial charge in [-0.3, -0.25) is 9.69 Å². The molecule has 0 unspecified atom stereocenters. The lowest BCUT2D eigenvalue weighted by atomic mass is 10.1. The van der Waals surface area contributed by atoms with Gasteiger partial charge < -0.3 is 4.42 Å². The number of amidine groups is 1. The first kappa shape index (κ1) is 22.4. The molecule has 0 radical (unpaired) electrons. The summed E-state index contributed by atoms with van der Waals surface area (Å²) in [6, 6.07) is 18.9. The molecular formula is C24H19Cl2N3O2S. The Hall–Kier alpha value is -2.80.